The van der Waals surface area contributed by atoms with Crippen LogP contribution in [0.4, 0.5) is 5.69 Å². The minimum absolute atomic E-state index is 0.191. The van der Waals surface area contributed by atoms with Crippen molar-refractivity contribution in [2.75, 3.05) is 5.32 Å². The number of carbonyl (C=O) groups is 1. The van der Waals surface area contributed by atoms with E-state index < -0.39 is 0 Å². The van der Waals surface area contributed by atoms with Crippen molar-refractivity contribution in [2.24, 2.45) is 0 Å². The van der Waals surface area contributed by atoms with Gasteiger partial charge in [0.1, 0.15) is 17.0 Å². The first-order valence-electron chi connectivity index (χ1n) is 12.4. The van der Waals surface area contributed by atoms with Gasteiger partial charge in [0.05, 0.1) is 0 Å². The van der Waals surface area contributed by atoms with Gasteiger partial charge in [0.15, 0.2) is 10.7 Å². The summed E-state index contributed by atoms with van der Waals surface area (Å²) in [4.78, 5) is 17.0. The monoisotopic (exact) mass is 521 g/mol. The summed E-state index contributed by atoms with van der Waals surface area (Å²) in [5, 5.41) is 5.85. The summed E-state index contributed by atoms with van der Waals surface area (Å²) in [6.07, 6.45) is 4.05. The lowest BCUT2D eigenvalue weighted by Gasteiger charge is -2.08. The SMILES string of the molecule is CC[C@H](C)c1ccc2oc(-c3ccc(NC(=S)NC(=O)/C=C/c4ccc(-c5ccccc5)o4)cc3)nc2c1. The van der Waals surface area contributed by atoms with Crippen molar-refractivity contribution >= 4 is 46.1 Å². The highest BCUT2D eigenvalue weighted by molar-refractivity contribution is 7.80. The highest BCUT2D eigenvalue weighted by Crippen LogP contribution is 2.28. The summed E-state index contributed by atoms with van der Waals surface area (Å²) in [7, 11) is 0. The molecule has 2 heterocycles. The van der Waals surface area contributed by atoms with Crippen molar-refractivity contribution in [3.05, 3.63) is 102 Å². The van der Waals surface area contributed by atoms with Gasteiger partial charge >= 0.3 is 0 Å². The molecule has 0 aliphatic carbocycles. The summed E-state index contributed by atoms with van der Waals surface area (Å²) in [5.41, 5.74) is 5.42. The average Bonchev–Trinajstić information content (AvgIpc) is 3.59. The smallest absolute Gasteiger partial charge is 0.250 e. The number of oxazole rings is 1. The number of benzene rings is 3. The van der Waals surface area contributed by atoms with E-state index in [1.807, 2.05) is 72.8 Å². The highest BCUT2D eigenvalue weighted by atomic mass is 32.1. The standard InChI is InChI=1S/C31H27N3O3S/c1-3-20(2)23-11-16-28-26(19-23)33-30(37-28)22-9-12-24(13-10-22)32-31(38)34-29(35)18-15-25-14-17-27(36-25)21-7-5-4-6-8-21/h4-20H,3H2,1-2H3,(H2,32,34,35,38)/b18-15+/t20-/m0/s1. The first kappa shape index (κ1) is 25.2. The molecule has 0 unspecified atom stereocenters. The Kier molecular flexibility index (Phi) is 7.47. The third kappa shape index (κ3) is 5.90. The zero-order chi connectivity index (χ0) is 26.5. The normalized spacial score (nSPS) is 12.1. The number of furan rings is 1. The molecule has 5 aromatic rings. The number of thiocarbonyl (C=S) groups is 1. The zero-order valence-corrected chi connectivity index (χ0v) is 21.9. The molecule has 0 aliphatic rings. The summed E-state index contributed by atoms with van der Waals surface area (Å²) >= 11 is 5.29. The van der Waals surface area contributed by atoms with E-state index in [0.717, 1.165) is 40.1 Å². The second-order valence-electron chi connectivity index (χ2n) is 8.98. The number of rotatable bonds is 7. The molecule has 0 aliphatic heterocycles. The molecule has 2 aromatic heterocycles. The van der Waals surface area contributed by atoms with Gasteiger partial charge in [0.2, 0.25) is 11.8 Å². The van der Waals surface area contributed by atoms with Gasteiger partial charge in [-0.05, 0) is 84.7 Å². The van der Waals surface area contributed by atoms with Gasteiger partial charge in [-0.15, -0.1) is 0 Å². The zero-order valence-electron chi connectivity index (χ0n) is 21.1. The predicted octanol–water partition coefficient (Wildman–Crippen LogP) is 7.79. The number of hydrogen-bond acceptors (Lipinski definition) is 5. The number of aromatic nitrogens is 1. The van der Waals surface area contributed by atoms with Gasteiger partial charge in [0, 0.05) is 22.9 Å². The summed E-state index contributed by atoms with van der Waals surface area (Å²) in [6.45, 7) is 4.38. The van der Waals surface area contributed by atoms with E-state index in [0.29, 0.717) is 17.6 Å². The van der Waals surface area contributed by atoms with E-state index in [1.54, 1.807) is 6.08 Å². The Balaban J connectivity index is 1.17. The first-order chi connectivity index (χ1) is 18.5. The summed E-state index contributed by atoms with van der Waals surface area (Å²) in [6, 6.07) is 27.1. The van der Waals surface area contributed by atoms with Crippen LogP contribution in [0.5, 0.6) is 0 Å². The van der Waals surface area contributed by atoms with Crippen molar-refractivity contribution in [1.82, 2.24) is 10.3 Å². The number of anilines is 1. The van der Waals surface area contributed by atoms with E-state index in [1.165, 1.54) is 11.6 Å². The Morgan fingerprint density at radius 3 is 2.53 bits per heavy atom. The Morgan fingerprint density at radius 1 is 0.974 bits per heavy atom. The lowest BCUT2D eigenvalue weighted by atomic mass is 9.98. The van der Waals surface area contributed by atoms with Crippen LogP contribution in [-0.2, 0) is 4.79 Å². The fourth-order valence-electron chi connectivity index (χ4n) is 3.98. The molecule has 0 bridgehead atoms. The molecule has 190 valence electrons. The fraction of sp³-hybridized carbons (Fsp3) is 0.129. The molecular formula is C31H27N3O3S. The maximum absolute atomic E-state index is 12.3. The largest absolute Gasteiger partial charge is 0.457 e. The van der Waals surface area contributed by atoms with Crippen molar-refractivity contribution in [2.45, 2.75) is 26.2 Å². The van der Waals surface area contributed by atoms with Crippen LogP contribution in [0.25, 0.3) is 40.0 Å². The Morgan fingerprint density at radius 2 is 1.76 bits per heavy atom. The number of amides is 1. The molecule has 38 heavy (non-hydrogen) atoms. The van der Waals surface area contributed by atoms with Crippen molar-refractivity contribution in [3.63, 3.8) is 0 Å². The van der Waals surface area contributed by atoms with E-state index in [-0.39, 0.29) is 11.0 Å². The van der Waals surface area contributed by atoms with Crippen LogP contribution in [-0.4, -0.2) is 16.0 Å². The van der Waals surface area contributed by atoms with Crippen LogP contribution in [0.15, 0.2) is 99.8 Å². The van der Waals surface area contributed by atoms with Crippen LogP contribution < -0.4 is 10.6 Å². The maximum Gasteiger partial charge on any atom is 0.250 e. The third-order valence-electron chi connectivity index (χ3n) is 6.30. The highest BCUT2D eigenvalue weighted by Gasteiger charge is 2.11. The van der Waals surface area contributed by atoms with Gasteiger partial charge < -0.3 is 14.2 Å². The topological polar surface area (TPSA) is 80.3 Å². The van der Waals surface area contributed by atoms with Gasteiger partial charge in [-0.25, -0.2) is 4.98 Å². The minimum Gasteiger partial charge on any atom is -0.457 e. The lowest BCUT2D eigenvalue weighted by molar-refractivity contribution is -0.115. The summed E-state index contributed by atoms with van der Waals surface area (Å²) in [5.74, 6) is 1.98. The van der Waals surface area contributed by atoms with E-state index >= 15 is 0 Å². The van der Waals surface area contributed by atoms with Crippen LogP contribution in [0.2, 0.25) is 0 Å². The van der Waals surface area contributed by atoms with Crippen molar-refractivity contribution in [1.29, 1.82) is 0 Å². The third-order valence-corrected chi connectivity index (χ3v) is 6.51. The molecule has 0 radical (unpaired) electrons. The first-order valence-corrected chi connectivity index (χ1v) is 12.9. The van der Waals surface area contributed by atoms with Gasteiger partial charge in [-0.1, -0.05) is 50.2 Å². The van der Waals surface area contributed by atoms with Gasteiger partial charge in [0.25, 0.3) is 0 Å². The molecule has 0 saturated carbocycles. The quantitative estimate of drug-likeness (QED) is 0.168. The summed E-state index contributed by atoms with van der Waals surface area (Å²) < 4.78 is 11.7. The number of nitrogens with zero attached hydrogens (tertiary/aromatic N) is 1. The minimum atomic E-state index is -0.361. The Labute approximate surface area is 226 Å². The molecule has 7 heteroatoms. The molecule has 3 aromatic carbocycles. The van der Waals surface area contributed by atoms with Crippen molar-refractivity contribution < 1.29 is 13.6 Å². The van der Waals surface area contributed by atoms with Crippen LogP contribution in [0, 0.1) is 0 Å². The molecule has 2 N–H and O–H groups in total. The van der Waals surface area contributed by atoms with E-state index in [2.05, 4.69) is 41.6 Å². The molecule has 1 amide bonds. The Hall–Kier alpha value is -4.49. The average molecular weight is 522 g/mol. The number of nitrogens with one attached hydrogen (secondary N) is 2. The molecule has 5 rings (SSSR count). The number of carbonyl (C=O) groups excluding carboxylic acids is 1. The van der Waals surface area contributed by atoms with Crippen LogP contribution in [0.1, 0.15) is 37.5 Å². The second-order valence-corrected chi connectivity index (χ2v) is 9.39. The molecular weight excluding hydrogens is 494 g/mol. The van der Waals surface area contributed by atoms with Crippen LogP contribution in [0.3, 0.4) is 0 Å². The maximum atomic E-state index is 12.3. The fourth-order valence-corrected chi connectivity index (χ4v) is 4.20. The van der Waals surface area contributed by atoms with Gasteiger partial charge in [-0.2, -0.15) is 0 Å². The molecule has 6 nitrogen and oxygen atoms in total. The number of fused-ring (bicyclic) bond motifs is 1. The van der Waals surface area contributed by atoms with Gasteiger partial charge in [-0.3, -0.25) is 10.1 Å². The molecule has 0 saturated heterocycles. The van der Waals surface area contributed by atoms with E-state index in [4.69, 9.17) is 21.1 Å². The molecule has 0 fully saturated rings. The lowest BCUT2D eigenvalue weighted by Crippen LogP contribution is -2.32. The van der Waals surface area contributed by atoms with Crippen LogP contribution >= 0.6 is 12.2 Å². The second kappa shape index (κ2) is 11.3. The Bertz CT molecular complexity index is 1600. The van der Waals surface area contributed by atoms with E-state index in [9.17, 15) is 4.79 Å². The number of hydrogen-bond donors (Lipinski definition) is 2. The molecule has 0 spiro atoms. The molecule has 1 atom stereocenters. The predicted molar refractivity (Wildman–Crippen MR) is 156 cm³/mol. The van der Waals surface area contributed by atoms with Crippen molar-refractivity contribution in [3.8, 4) is 22.8 Å².